The number of allylic oxidation sites excluding steroid dienone is 5. The van der Waals surface area contributed by atoms with E-state index in [1.54, 1.807) is 0 Å². The van der Waals surface area contributed by atoms with Gasteiger partial charge < -0.3 is 5.73 Å². The highest BCUT2D eigenvalue weighted by Crippen LogP contribution is 1.91. The lowest BCUT2D eigenvalue weighted by atomic mass is 10.3. The molecular weight excluding hydrogens is 122 g/mol. The predicted octanol–water partition coefficient (Wildman–Crippen LogP) is 2.27. The van der Waals surface area contributed by atoms with E-state index in [9.17, 15) is 0 Å². The van der Waals surface area contributed by atoms with E-state index in [1.807, 2.05) is 38.2 Å². The third kappa shape index (κ3) is 10.2. The monoisotopic (exact) mass is 139 g/mol. The van der Waals surface area contributed by atoms with Crippen molar-refractivity contribution in [2.45, 2.75) is 13.8 Å². The van der Waals surface area contributed by atoms with Crippen LogP contribution in [0, 0.1) is 0 Å². The minimum atomic E-state index is 1.20. The first-order chi connectivity index (χ1) is 4.81. The lowest BCUT2D eigenvalue weighted by molar-refractivity contribution is 1.48. The average Bonchev–Trinajstić information content (AvgIpc) is 2.04. The van der Waals surface area contributed by atoms with E-state index in [4.69, 9.17) is 0 Å². The van der Waals surface area contributed by atoms with Crippen LogP contribution < -0.4 is 5.73 Å². The zero-order valence-corrected chi connectivity index (χ0v) is 7.09. The first kappa shape index (κ1) is 11.9. The van der Waals surface area contributed by atoms with Gasteiger partial charge in [0.2, 0.25) is 0 Å². The molecular formula is C9H17N. The molecule has 0 saturated heterocycles. The van der Waals surface area contributed by atoms with Gasteiger partial charge in [-0.2, -0.15) is 0 Å². The summed E-state index contributed by atoms with van der Waals surface area (Å²) in [6.07, 6.45) is 7.84. The smallest absolute Gasteiger partial charge is 0.0195 e. The van der Waals surface area contributed by atoms with E-state index in [-0.39, 0.29) is 0 Å². The van der Waals surface area contributed by atoms with Crippen LogP contribution in [0.15, 0.2) is 36.5 Å². The van der Waals surface area contributed by atoms with Gasteiger partial charge in [-0.25, -0.2) is 0 Å². The maximum atomic E-state index is 4.50. The van der Waals surface area contributed by atoms with Crippen LogP contribution in [-0.2, 0) is 0 Å². The summed E-state index contributed by atoms with van der Waals surface area (Å²) in [5.74, 6) is 0. The molecule has 1 heteroatoms. The molecule has 0 aliphatic carbocycles. The average molecular weight is 139 g/mol. The third-order valence-corrected chi connectivity index (χ3v) is 0.874. The summed E-state index contributed by atoms with van der Waals surface area (Å²) >= 11 is 0. The molecule has 0 rings (SSSR count). The summed E-state index contributed by atoms with van der Waals surface area (Å²) < 4.78 is 0. The Morgan fingerprint density at radius 2 is 1.90 bits per heavy atom. The lowest BCUT2D eigenvalue weighted by Gasteiger charge is -1.81. The number of hydrogen-bond acceptors (Lipinski definition) is 1. The number of hydrogen-bond donors (Lipinski definition) is 1. The summed E-state index contributed by atoms with van der Waals surface area (Å²) in [5, 5.41) is 0. The molecule has 0 unspecified atom stereocenters. The molecule has 10 heavy (non-hydrogen) atoms. The van der Waals surface area contributed by atoms with Crippen molar-refractivity contribution >= 4 is 0 Å². The first-order valence-electron chi connectivity index (χ1n) is 3.31. The predicted molar refractivity (Wildman–Crippen MR) is 48.9 cm³/mol. The largest absolute Gasteiger partial charge is 0.333 e. The molecule has 0 radical (unpaired) electrons. The van der Waals surface area contributed by atoms with Crippen molar-refractivity contribution in [1.29, 1.82) is 0 Å². The van der Waals surface area contributed by atoms with Crippen LogP contribution in [0.4, 0.5) is 0 Å². The summed E-state index contributed by atoms with van der Waals surface area (Å²) in [5.41, 5.74) is 5.70. The van der Waals surface area contributed by atoms with E-state index in [0.717, 1.165) is 0 Å². The fourth-order valence-electron chi connectivity index (χ4n) is 0.316. The molecule has 1 nitrogen and oxygen atoms in total. The Balaban J connectivity index is 0. The quantitative estimate of drug-likeness (QED) is 0.583. The molecule has 2 N–H and O–H groups in total. The van der Waals surface area contributed by atoms with Crippen molar-refractivity contribution in [3.05, 3.63) is 36.5 Å². The van der Waals surface area contributed by atoms with Crippen molar-refractivity contribution in [3.8, 4) is 0 Å². The molecule has 0 aliphatic heterocycles. The van der Waals surface area contributed by atoms with Gasteiger partial charge >= 0.3 is 0 Å². The Morgan fingerprint density at radius 1 is 1.40 bits per heavy atom. The van der Waals surface area contributed by atoms with Crippen molar-refractivity contribution in [2.75, 3.05) is 7.05 Å². The van der Waals surface area contributed by atoms with Gasteiger partial charge in [0.05, 0.1) is 0 Å². The second kappa shape index (κ2) is 11.0. The van der Waals surface area contributed by atoms with E-state index >= 15 is 0 Å². The van der Waals surface area contributed by atoms with E-state index in [1.165, 1.54) is 12.6 Å². The van der Waals surface area contributed by atoms with E-state index < -0.39 is 0 Å². The van der Waals surface area contributed by atoms with Gasteiger partial charge in [-0.05, 0) is 20.9 Å². The Hall–Kier alpha value is -0.820. The van der Waals surface area contributed by atoms with E-state index in [0.29, 0.717) is 0 Å². The first-order valence-corrected chi connectivity index (χ1v) is 3.31. The van der Waals surface area contributed by atoms with E-state index in [2.05, 4.69) is 12.3 Å². The molecule has 0 amide bonds. The summed E-state index contributed by atoms with van der Waals surface area (Å²) in [6.45, 7) is 7.63. The van der Waals surface area contributed by atoms with Crippen LogP contribution in [0.2, 0.25) is 0 Å². The molecule has 0 aromatic carbocycles. The molecule has 0 spiro atoms. The molecule has 0 heterocycles. The Morgan fingerprint density at radius 3 is 2.20 bits per heavy atom. The maximum absolute atomic E-state index is 4.50. The van der Waals surface area contributed by atoms with Gasteiger partial charge in [-0.1, -0.05) is 36.5 Å². The molecule has 58 valence electrons. The summed E-state index contributed by atoms with van der Waals surface area (Å²) in [7, 11) is 1.50. The summed E-state index contributed by atoms with van der Waals surface area (Å²) in [6, 6.07) is 0. The van der Waals surface area contributed by atoms with Crippen LogP contribution in [0.5, 0.6) is 0 Å². The highest BCUT2D eigenvalue weighted by atomic mass is 14.4. The Kier molecular flexibility index (Phi) is 13.2. The normalized spacial score (nSPS) is 10.6. The molecule has 0 fully saturated rings. The Bertz CT molecular complexity index is 121. The minimum absolute atomic E-state index is 1.20. The van der Waals surface area contributed by atoms with Crippen LogP contribution >= 0.6 is 0 Å². The van der Waals surface area contributed by atoms with Crippen LogP contribution in [-0.4, -0.2) is 7.05 Å². The molecule has 0 aliphatic rings. The zero-order valence-electron chi connectivity index (χ0n) is 7.09. The highest BCUT2D eigenvalue weighted by Gasteiger charge is 1.70. The Labute approximate surface area is 63.9 Å². The molecule has 0 saturated carbocycles. The lowest BCUT2D eigenvalue weighted by Crippen LogP contribution is -1.69. The summed E-state index contributed by atoms with van der Waals surface area (Å²) in [4.78, 5) is 0. The van der Waals surface area contributed by atoms with Crippen LogP contribution in [0.25, 0.3) is 0 Å². The van der Waals surface area contributed by atoms with Crippen molar-refractivity contribution in [1.82, 2.24) is 0 Å². The molecule has 0 aromatic heterocycles. The molecule has 0 bridgehead atoms. The zero-order chi connectivity index (χ0) is 8.41. The SMILES string of the molecule is C=C/C(C)=C\C=C/C.CN. The van der Waals surface area contributed by atoms with Gasteiger partial charge in [-0.15, -0.1) is 0 Å². The molecule has 0 aromatic rings. The minimum Gasteiger partial charge on any atom is -0.333 e. The van der Waals surface area contributed by atoms with Crippen LogP contribution in [0.1, 0.15) is 13.8 Å². The highest BCUT2D eigenvalue weighted by molar-refractivity contribution is 5.18. The third-order valence-electron chi connectivity index (χ3n) is 0.874. The number of nitrogens with two attached hydrogens (primary N) is 1. The van der Waals surface area contributed by atoms with Gasteiger partial charge in [0.1, 0.15) is 0 Å². The number of rotatable bonds is 2. The topological polar surface area (TPSA) is 26.0 Å². The van der Waals surface area contributed by atoms with Gasteiger partial charge in [0.15, 0.2) is 0 Å². The van der Waals surface area contributed by atoms with Crippen LogP contribution in [0.3, 0.4) is 0 Å². The maximum Gasteiger partial charge on any atom is -0.0195 e. The van der Waals surface area contributed by atoms with Gasteiger partial charge in [0, 0.05) is 0 Å². The van der Waals surface area contributed by atoms with Gasteiger partial charge in [0.25, 0.3) is 0 Å². The van der Waals surface area contributed by atoms with Crippen molar-refractivity contribution in [3.63, 3.8) is 0 Å². The fourth-order valence-corrected chi connectivity index (χ4v) is 0.316. The molecule has 0 atom stereocenters. The standard InChI is InChI=1S/C8H12.CH5N/c1-4-6-7-8(3)5-2;1-2/h4-7H,2H2,1,3H3;2H2,1H3/b6-4-,8-7-;. The van der Waals surface area contributed by atoms with Crippen molar-refractivity contribution in [2.24, 2.45) is 5.73 Å². The fraction of sp³-hybridized carbons (Fsp3) is 0.333. The van der Waals surface area contributed by atoms with Crippen molar-refractivity contribution < 1.29 is 0 Å². The second-order valence-electron chi connectivity index (χ2n) is 1.64. The van der Waals surface area contributed by atoms with Gasteiger partial charge in [-0.3, -0.25) is 0 Å². The second-order valence-corrected chi connectivity index (χ2v) is 1.64.